The van der Waals surface area contributed by atoms with Crippen LogP contribution < -0.4 is 10.5 Å². The summed E-state index contributed by atoms with van der Waals surface area (Å²) in [7, 11) is 1.53. The van der Waals surface area contributed by atoms with E-state index < -0.39 is 0 Å². The summed E-state index contributed by atoms with van der Waals surface area (Å²) in [6, 6.07) is 4.84. The number of carbonyl (C=O) groups is 1. The SMILES string of the molecule is CCCOC(=O)c1ccc(OC)c(N)c1. The van der Waals surface area contributed by atoms with E-state index in [4.69, 9.17) is 15.2 Å². The quantitative estimate of drug-likeness (QED) is 0.607. The molecule has 15 heavy (non-hydrogen) atoms. The van der Waals surface area contributed by atoms with Gasteiger partial charge in [-0.25, -0.2) is 4.79 Å². The third kappa shape index (κ3) is 2.87. The van der Waals surface area contributed by atoms with E-state index in [9.17, 15) is 4.79 Å². The minimum absolute atomic E-state index is 0.355. The summed E-state index contributed by atoms with van der Waals surface area (Å²) < 4.78 is 9.95. The smallest absolute Gasteiger partial charge is 0.338 e. The van der Waals surface area contributed by atoms with Gasteiger partial charge in [-0.3, -0.25) is 0 Å². The Labute approximate surface area is 89.0 Å². The van der Waals surface area contributed by atoms with Crippen LogP contribution >= 0.6 is 0 Å². The molecule has 0 atom stereocenters. The van der Waals surface area contributed by atoms with Gasteiger partial charge in [-0.1, -0.05) is 6.92 Å². The Hall–Kier alpha value is -1.71. The summed E-state index contributed by atoms with van der Waals surface area (Å²) in [5.41, 5.74) is 6.55. The van der Waals surface area contributed by atoms with Crippen LogP contribution in [0.4, 0.5) is 5.69 Å². The molecule has 1 aromatic carbocycles. The van der Waals surface area contributed by atoms with Crippen LogP contribution in [-0.4, -0.2) is 19.7 Å². The van der Waals surface area contributed by atoms with Gasteiger partial charge in [0.1, 0.15) is 5.75 Å². The van der Waals surface area contributed by atoms with E-state index in [0.717, 1.165) is 6.42 Å². The van der Waals surface area contributed by atoms with Crippen LogP contribution in [0.2, 0.25) is 0 Å². The number of hydrogen-bond acceptors (Lipinski definition) is 4. The Kier molecular flexibility index (Phi) is 3.97. The lowest BCUT2D eigenvalue weighted by Crippen LogP contribution is -2.06. The molecule has 0 heterocycles. The molecule has 1 rings (SSSR count). The van der Waals surface area contributed by atoms with Crippen molar-refractivity contribution in [3.8, 4) is 5.75 Å². The van der Waals surface area contributed by atoms with Gasteiger partial charge in [0.2, 0.25) is 0 Å². The van der Waals surface area contributed by atoms with Crippen LogP contribution in [0.15, 0.2) is 18.2 Å². The van der Waals surface area contributed by atoms with Crippen molar-refractivity contribution in [2.45, 2.75) is 13.3 Å². The molecule has 0 aliphatic carbocycles. The molecule has 4 heteroatoms. The van der Waals surface area contributed by atoms with Crippen molar-refractivity contribution in [1.29, 1.82) is 0 Å². The molecule has 0 aromatic heterocycles. The molecular weight excluding hydrogens is 194 g/mol. The summed E-state index contributed by atoms with van der Waals surface area (Å²) in [4.78, 5) is 11.4. The van der Waals surface area contributed by atoms with Gasteiger partial charge in [0, 0.05) is 0 Å². The van der Waals surface area contributed by atoms with E-state index in [1.165, 1.54) is 7.11 Å². The zero-order valence-electron chi connectivity index (χ0n) is 8.95. The normalized spacial score (nSPS) is 9.73. The summed E-state index contributed by atoms with van der Waals surface area (Å²) in [5.74, 6) is 0.202. The predicted molar refractivity (Wildman–Crippen MR) is 58.0 cm³/mol. The first kappa shape index (κ1) is 11.4. The van der Waals surface area contributed by atoms with Crippen molar-refractivity contribution in [1.82, 2.24) is 0 Å². The van der Waals surface area contributed by atoms with Gasteiger partial charge < -0.3 is 15.2 Å². The molecular formula is C11H15NO3. The molecule has 82 valence electrons. The molecule has 0 saturated heterocycles. The second kappa shape index (κ2) is 5.24. The van der Waals surface area contributed by atoms with Crippen LogP contribution in [0.3, 0.4) is 0 Å². The summed E-state index contributed by atoms with van der Waals surface area (Å²) >= 11 is 0. The van der Waals surface area contributed by atoms with Crippen LogP contribution in [0.1, 0.15) is 23.7 Å². The highest BCUT2D eigenvalue weighted by molar-refractivity contribution is 5.91. The molecule has 0 aliphatic heterocycles. The van der Waals surface area contributed by atoms with Gasteiger partial charge in [-0.15, -0.1) is 0 Å². The van der Waals surface area contributed by atoms with Gasteiger partial charge in [0.05, 0.1) is 25.0 Å². The van der Waals surface area contributed by atoms with E-state index >= 15 is 0 Å². The zero-order valence-corrected chi connectivity index (χ0v) is 8.95. The number of benzene rings is 1. The lowest BCUT2D eigenvalue weighted by molar-refractivity contribution is 0.0505. The van der Waals surface area contributed by atoms with Crippen molar-refractivity contribution in [2.24, 2.45) is 0 Å². The molecule has 0 spiro atoms. The maximum atomic E-state index is 11.4. The van der Waals surface area contributed by atoms with Crippen LogP contribution in [0, 0.1) is 0 Å². The third-order valence-corrected chi connectivity index (χ3v) is 1.90. The number of anilines is 1. The van der Waals surface area contributed by atoms with Crippen molar-refractivity contribution < 1.29 is 14.3 Å². The number of ether oxygens (including phenoxy) is 2. The summed E-state index contributed by atoms with van der Waals surface area (Å²) in [5, 5.41) is 0. The molecule has 0 saturated carbocycles. The van der Waals surface area contributed by atoms with Gasteiger partial charge in [-0.2, -0.15) is 0 Å². The Morgan fingerprint density at radius 2 is 2.20 bits per heavy atom. The highest BCUT2D eigenvalue weighted by Crippen LogP contribution is 2.22. The molecule has 0 radical (unpaired) electrons. The zero-order chi connectivity index (χ0) is 11.3. The maximum Gasteiger partial charge on any atom is 0.338 e. The minimum Gasteiger partial charge on any atom is -0.495 e. The number of rotatable bonds is 4. The Morgan fingerprint density at radius 3 is 2.73 bits per heavy atom. The first-order valence-electron chi connectivity index (χ1n) is 4.79. The van der Waals surface area contributed by atoms with Crippen LogP contribution in [0.25, 0.3) is 0 Å². The Balaban J connectivity index is 2.78. The third-order valence-electron chi connectivity index (χ3n) is 1.90. The van der Waals surface area contributed by atoms with E-state index in [2.05, 4.69) is 0 Å². The number of methoxy groups -OCH3 is 1. The molecule has 1 aromatic rings. The molecule has 4 nitrogen and oxygen atoms in total. The van der Waals surface area contributed by atoms with Crippen molar-refractivity contribution >= 4 is 11.7 Å². The Bertz CT molecular complexity index is 350. The minimum atomic E-state index is -0.355. The lowest BCUT2D eigenvalue weighted by atomic mass is 10.2. The number of esters is 1. The van der Waals surface area contributed by atoms with Gasteiger partial charge in [-0.05, 0) is 24.6 Å². The van der Waals surface area contributed by atoms with Crippen molar-refractivity contribution in [3.63, 3.8) is 0 Å². The summed E-state index contributed by atoms with van der Waals surface area (Å²) in [6.45, 7) is 2.36. The Morgan fingerprint density at radius 1 is 1.47 bits per heavy atom. The van der Waals surface area contributed by atoms with E-state index in [-0.39, 0.29) is 5.97 Å². The topological polar surface area (TPSA) is 61.5 Å². The van der Waals surface area contributed by atoms with Crippen molar-refractivity contribution in [2.75, 3.05) is 19.5 Å². The summed E-state index contributed by atoms with van der Waals surface area (Å²) in [6.07, 6.45) is 0.803. The molecule has 2 N–H and O–H groups in total. The first-order valence-corrected chi connectivity index (χ1v) is 4.79. The van der Waals surface area contributed by atoms with E-state index in [1.807, 2.05) is 6.92 Å². The standard InChI is InChI=1S/C11H15NO3/c1-3-6-15-11(13)8-4-5-10(14-2)9(12)7-8/h4-5,7H,3,6,12H2,1-2H3. The monoisotopic (exact) mass is 209 g/mol. The molecule has 0 bridgehead atoms. The highest BCUT2D eigenvalue weighted by Gasteiger charge is 2.08. The predicted octanol–water partition coefficient (Wildman–Crippen LogP) is 1.84. The van der Waals surface area contributed by atoms with Gasteiger partial charge in [0.15, 0.2) is 0 Å². The fourth-order valence-corrected chi connectivity index (χ4v) is 1.14. The van der Waals surface area contributed by atoms with E-state index in [0.29, 0.717) is 23.6 Å². The lowest BCUT2D eigenvalue weighted by Gasteiger charge is -2.06. The molecule has 0 unspecified atom stereocenters. The number of nitrogens with two attached hydrogens (primary N) is 1. The van der Waals surface area contributed by atoms with E-state index in [1.54, 1.807) is 18.2 Å². The van der Waals surface area contributed by atoms with Crippen molar-refractivity contribution in [3.05, 3.63) is 23.8 Å². The second-order valence-corrected chi connectivity index (χ2v) is 3.09. The average Bonchev–Trinajstić information content (AvgIpc) is 2.25. The highest BCUT2D eigenvalue weighted by atomic mass is 16.5. The molecule has 0 fully saturated rings. The second-order valence-electron chi connectivity index (χ2n) is 3.09. The average molecular weight is 209 g/mol. The maximum absolute atomic E-state index is 11.4. The number of hydrogen-bond donors (Lipinski definition) is 1. The number of nitrogen functional groups attached to an aromatic ring is 1. The van der Waals surface area contributed by atoms with Crippen LogP contribution in [0.5, 0.6) is 5.75 Å². The first-order chi connectivity index (χ1) is 7.19. The number of carbonyl (C=O) groups excluding carboxylic acids is 1. The molecule has 0 aliphatic rings. The van der Waals surface area contributed by atoms with Gasteiger partial charge >= 0.3 is 5.97 Å². The largest absolute Gasteiger partial charge is 0.495 e. The van der Waals surface area contributed by atoms with Gasteiger partial charge in [0.25, 0.3) is 0 Å². The fraction of sp³-hybridized carbons (Fsp3) is 0.364. The van der Waals surface area contributed by atoms with Crippen LogP contribution in [-0.2, 0) is 4.74 Å². The fourth-order valence-electron chi connectivity index (χ4n) is 1.14. The molecule has 0 amide bonds.